The van der Waals surface area contributed by atoms with Crippen LogP contribution in [-0.2, 0) is 9.59 Å². The number of rotatable bonds is 11. The average molecular weight is 637 g/mol. The number of carbonyl (C=O) groups is 3. The van der Waals surface area contributed by atoms with E-state index < -0.39 is 11.8 Å². The summed E-state index contributed by atoms with van der Waals surface area (Å²) in [6, 6.07) is 25.7. The van der Waals surface area contributed by atoms with Crippen molar-refractivity contribution in [3.63, 3.8) is 0 Å². The number of hydrogen-bond donors (Lipinski definition) is 3. The molecule has 3 N–H and O–H groups in total. The lowest BCUT2D eigenvalue weighted by Crippen LogP contribution is -2.30. The lowest BCUT2D eigenvalue weighted by atomic mass is 10.1. The Bertz CT molecular complexity index is 1660. The number of methoxy groups -OCH3 is 2. The monoisotopic (exact) mass is 635 g/mol. The summed E-state index contributed by atoms with van der Waals surface area (Å²) in [5.74, 6) is -0.368. The largest absolute Gasteiger partial charge is 0.495 e. The lowest BCUT2D eigenvalue weighted by molar-refractivity contribution is -0.114. The normalized spacial score (nSPS) is 10.9. The molecule has 43 heavy (non-hydrogen) atoms. The molecule has 0 aliphatic heterocycles. The first kappa shape index (κ1) is 31.5. The van der Waals surface area contributed by atoms with E-state index >= 15 is 0 Å². The van der Waals surface area contributed by atoms with Gasteiger partial charge in [0.2, 0.25) is 5.91 Å². The Kier molecular flexibility index (Phi) is 11.1. The van der Waals surface area contributed by atoms with Crippen molar-refractivity contribution >= 4 is 70.1 Å². The van der Waals surface area contributed by atoms with Crippen LogP contribution in [-0.4, -0.2) is 37.7 Å². The van der Waals surface area contributed by atoms with Gasteiger partial charge in [-0.2, -0.15) is 0 Å². The van der Waals surface area contributed by atoms with Crippen LogP contribution in [0.2, 0.25) is 10.0 Å². The Morgan fingerprint density at radius 2 is 1.51 bits per heavy atom. The number of benzene rings is 4. The third-order valence-electron chi connectivity index (χ3n) is 5.94. The number of nitrogens with one attached hydrogen (secondary N) is 3. The molecule has 0 unspecified atom stereocenters. The van der Waals surface area contributed by atoms with E-state index in [-0.39, 0.29) is 17.4 Å². The number of ether oxygens (including phenoxy) is 2. The maximum Gasteiger partial charge on any atom is 0.272 e. The van der Waals surface area contributed by atoms with E-state index in [2.05, 4.69) is 16.0 Å². The molecule has 0 fully saturated rings. The molecule has 8 nitrogen and oxygen atoms in total. The molecule has 220 valence electrons. The van der Waals surface area contributed by atoms with Gasteiger partial charge in [0, 0.05) is 27.2 Å². The van der Waals surface area contributed by atoms with Crippen LogP contribution in [0.4, 0.5) is 11.4 Å². The second-order valence-electron chi connectivity index (χ2n) is 8.91. The summed E-state index contributed by atoms with van der Waals surface area (Å²) in [5, 5.41) is 9.06. The van der Waals surface area contributed by atoms with Crippen molar-refractivity contribution in [2.24, 2.45) is 0 Å². The predicted molar refractivity (Wildman–Crippen MR) is 172 cm³/mol. The van der Waals surface area contributed by atoms with Crippen molar-refractivity contribution in [3.8, 4) is 11.5 Å². The Labute approximate surface area is 263 Å². The fourth-order valence-electron chi connectivity index (χ4n) is 3.85. The highest BCUT2D eigenvalue weighted by atomic mass is 35.5. The van der Waals surface area contributed by atoms with Gasteiger partial charge in [-0.3, -0.25) is 14.4 Å². The number of amides is 3. The second kappa shape index (κ2) is 15.2. The van der Waals surface area contributed by atoms with Gasteiger partial charge in [0.25, 0.3) is 11.8 Å². The van der Waals surface area contributed by atoms with Gasteiger partial charge in [0.15, 0.2) is 0 Å². The zero-order valence-corrected chi connectivity index (χ0v) is 25.5. The van der Waals surface area contributed by atoms with Gasteiger partial charge in [0.05, 0.1) is 30.7 Å². The Balaban J connectivity index is 1.45. The number of hydrogen-bond acceptors (Lipinski definition) is 6. The minimum atomic E-state index is -0.549. The van der Waals surface area contributed by atoms with E-state index in [1.165, 1.54) is 32.1 Å². The molecular formula is C32H27Cl2N3O5S. The van der Waals surface area contributed by atoms with Crippen LogP contribution in [0, 0.1) is 0 Å². The smallest absolute Gasteiger partial charge is 0.272 e. The Morgan fingerprint density at radius 1 is 0.791 bits per heavy atom. The topological polar surface area (TPSA) is 106 Å². The minimum Gasteiger partial charge on any atom is -0.495 e. The molecule has 0 radical (unpaired) electrons. The standard InChI is InChI=1S/C32H27Cl2N3O5S/c1-41-28-18-29(42-2)26(17-25(28)34)36-30(38)19-43-23-13-8-12-22(16-23)35-32(40)27(15-21-11-6-7-14-24(21)33)37-31(39)20-9-4-3-5-10-20/h3-18H,19H2,1-2H3,(H,35,40)(H,36,38)(H,37,39)/b27-15+. The van der Waals surface area contributed by atoms with Gasteiger partial charge in [-0.25, -0.2) is 0 Å². The molecule has 4 aromatic rings. The molecule has 0 aromatic heterocycles. The first-order chi connectivity index (χ1) is 20.8. The van der Waals surface area contributed by atoms with E-state index in [9.17, 15) is 14.4 Å². The lowest BCUT2D eigenvalue weighted by Gasteiger charge is -2.13. The van der Waals surface area contributed by atoms with E-state index in [4.69, 9.17) is 32.7 Å². The highest BCUT2D eigenvalue weighted by Crippen LogP contribution is 2.36. The summed E-state index contributed by atoms with van der Waals surface area (Å²) in [5.41, 5.74) is 1.85. The molecule has 0 heterocycles. The minimum absolute atomic E-state index is 0.00601. The molecule has 0 saturated heterocycles. The molecule has 0 atom stereocenters. The fraction of sp³-hybridized carbons (Fsp3) is 0.0938. The fourth-order valence-corrected chi connectivity index (χ4v) is 5.03. The number of halogens is 2. The first-order valence-electron chi connectivity index (χ1n) is 12.9. The quantitative estimate of drug-likeness (QED) is 0.119. The van der Waals surface area contributed by atoms with E-state index in [1.807, 2.05) is 6.07 Å². The van der Waals surface area contributed by atoms with Gasteiger partial charge >= 0.3 is 0 Å². The van der Waals surface area contributed by atoms with E-state index in [0.29, 0.717) is 44.0 Å². The van der Waals surface area contributed by atoms with Gasteiger partial charge in [-0.1, -0.05) is 65.7 Å². The molecule has 11 heteroatoms. The molecule has 0 bridgehead atoms. The van der Waals surface area contributed by atoms with Crippen molar-refractivity contribution in [3.05, 3.63) is 118 Å². The van der Waals surface area contributed by atoms with Gasteiger partial charge in [0.1, 0.15) is 17.2 Å². The van der Waals surface area contributed by atoms with Crippen LogP contribution in [0.5, 0.6) is 11.5 Å². The first-order valence-corrected chi connectivity index (χ1v) is 14.6. The van der Waals surface area contributed by atoms with Crippen LogP contribution >= 0.6 is 35.0 Å². The predicted octanol–water partition coefficient (Wildman–Crippen LogP) is 7.15. The van der Waals surface area contributed by atoms with Gasteiger partial charge < -0.3 is 25.4 Å². The van der Waals surface area contributed by atoms with Gasteiger partial charge in [-0.15, -0.1) is 11.8 Å². The van der Waals surface area contributed by atoms with Crippen LogP contribution in [0.15, 0.2) is 102 Å². The SMILES string of the molecule is COc1cc(OC)c(NC(=O)CSc2cccc(NC(=O)/C(=C\c3ccccc3Cl)NC(=O)c3ccccc3)c2)cc1Cl. The van der Waals surface area contributed by atoms with Crippen LogP contribution in [0.1, 0.15) is 15.9 Å². The second-order valence-corrected chi connectivity index (χ2v) is 10.8. The van der Waals surface area contributed by atoms with Crippen LogP contribution in [0.3, 0.4) is 0 Å². The van der Waals surface area contributed by atoms with Crippen LogP contribution < -0.4 is 25.4 Å². The molecule has 0 aliphatic carbocycles. The molecule has 0 aliphatic rings. The van der Waals surface area contributed by atoms with Crippen LogP contribution in [0.25, 0.3) is 6.08 Å². The Hall–Kier alpha value is -4.44. The summed E-state index contributed by atoms with van der Waals surface area (Å²) in [7, 11) is 2.97. The molecule has 3 amide bonds. The van der Waals surface area contributed by atoms with E-state index in [0.717, 1.165) is 4.90 Å². The Morgan fingerprint density at radius 3 is 2.23 bits per heavy atom. The molecule has 4 rings (SSSR count). The maximum atomic E-state index is 13.4. The summed E-state index contributed by atoms with van der Waals surface area (Å²) in [6.07, 6.45) is 1.52. The number of thioether (sulfide) groups is 1. The van der Waals surface area contributed by atoms with Crippen molar-refractivity contribution < 1.29 is 23.9 Å². The average Bonchev–Trinajstić information content (AvgIpc) is 3.01. The molecular weight excluding hydrogens is 609 g/mol. The van der Waals surface area contributed by atoms with Gasteiger partial charge in [-0.05, 0) is 54.1 Å². The van der Waals surface area contributed by atoms with E-state index in [1.54, 1.807) is 84.9 Å². The summed E-state index contributed by atoms with van der Waals surface area (Å²) >= 11 is 13.8. The third-order valence-corrected chi connectivity index (χ3v) is 7.58. The molecule has 0 saturated carbocycles. The third kappa shape index (κ3) is 8.78. The maximum absolute atomic E-state index is 13.4. The molecule has 0 spiro atoms. The highest BCUT2D eigenvalue weighted by Gasteiger charge is 2.17. The van der Waals surface area contributed by atoms with Crippen molar-refractivity contribution in [2.45, 2.75) is 4.90 Å². The number of anilines is 2. The molecule has 4 aromatic carbocycles. The number of carbonyl (C=O) groups excluding carboxylic acids is 3. The summed E-state index contributed by atoms with van der Waals surface area (Å²) < 4.78 is 10.5. The van der Waals surface area contributed by atoms with Crippen molar-refractivity contribution in [1.82, 2.24) is 5.32 Å². The zero-order valence-electron chi connectivity index (χ0n) is 23.2. The van der Waals surface area contributed by atoms with Crippen molar-refractivity contribution in [1.29, 1.82) is 0 Å². The van der Waals surface area contributed by atoms with Crippen molar-refractivity contribution in [2.75, 3.05) is 30.6 Å². The highest BCUT2D eigenvalue weighted by molar-refractivity contribution is 8.00. The summed E-state index contributed by atoms with van der Waals surface area (Å²) in [6.45, 7) is 0. The zero-order chi connectivity index (χ0) is 30.8. The summed E-state index contributed by atoms with van der Waals surface area (Å²) in [4.78, 5) is 39.7.